The van der Waals surface area contributed by atoms with Gasteiger partial charge in [-0.05, 0) is 38.0 Å². The number of aromatic amines is 1. The summed E-state index contributed by atoms with van der Waals surface area (Å²) in [6.45, 7) is 6.23. The van der Waals surface area contributed by atoms with Crippen LogP contribution in [0.15, 0.2) is 24.3 Å². The Labute approximate surface area is 118 Å². The summed E-state index contributed by atoms with van der Waals surface area (Å²) in [6.07, 6.45) is 0.291. The fourth-order valence-electron chi connectivity index (χ4n) is 1.80. The standard InChI is InChI=1S/C15H19N3O2/c1-10-4-5-11(2)13(8-10)20-7-6-15(19)16-14-9-12(3)17-18-14/h4-5,8-9H,6-7H2,1-3H3,(H2,16,17,18,19). The number of amides is 1. The number of nitrogens with zero attached hydrogens (tertiary/aromatic N) is 1. The third-order valence-electron chi connectivity index (χ3n) is 2.90. The van der Waals surface area contributed by atoms with Crippen molar-refractivity contribution in [3.05, 3.63) is 41.1 Å². The first-order chi connectivity index (χ1) is 9.54. The zero-order valence-corrected chi connectivity index (χ0v) is 12.0. The number of hydrogen-bond acceptors (Lipinski definition) is 3. The molecule has 0 aliphatic heterocycles. The molecule has 2 aromatic rings. The molecule has 0 spiro atoms. The van der Waals surface area contributed by atoms with E-state index in [2.05, 4.69) is 15.5 Å². The number of benzene rings is 1. The molecule has 0 radical (unpaired) electrons. The molecule has 0 unspecified atom stereocenters. The summed E-state index contributed by atoms with van der Waals surface area (Å²) in [5.41, 5.74) is 3.12. The zero-order chi connectivity index (χ0) is 14.5. The lowest BCUT2D eigenvalue weighted by Crippen LogP contribution is -2.15. The summed E-state index contributed by atoms with van der Waals surface area (Å²) < 4.78 is 5.64. The summed E-state index contributed by atoms with van der Waals surface area (Å²) in [7, 11) is 0. The van der Waals surface area contributed by atoms with Gasteiger partial charge in [0.1, 0.15) is 5.75 Å². The van der Waals surface area contributed by atoms with E-state index < -0.39 is 0 Å². The lowest BCUT2D eigenvalue weighted by molar-refractivity contribution is -0.116. The smallest absolute Gasteiger partial charge is 0.229 e. The van der Waals surface area contributed by atoms with Crippen molar-refractivity contribution in [1.29, 1.82) is 0 Å². The molecule has 5 nitrogen and oxygen atoms in total. The number of H-pyrrole nitrogens is 1. The molecular formula is C15H19N3O2. The quantitative estimate of drug-likeness (QED) is 0.880. The van der Waals surface area contributed by atoms with E-state index in [0.29, 0.717) is 18.8 Å². The van der Waals surface area contributed by atoms with E-state index in [1.807, 2.05) is 39.0 Å². The largest absolute Gasteiger partial charge is 0.493 e. The monoisotopic (exact) mass is 273 g/mol. The van der Waals surface area contributed by atoms with Crippen LogP contribution in [-0.2, 0) is 4.79 Å². The van der Waals surface area contributed by atoms with E-state index >= 15 is 0 Å². The molecule has 106 valence electrons. The number of aromatic nitrogens is 2. The second kappa shape index (κ2) is 6.23. The third-order valence-corrected chi connectivity index (χ3v) is 2.90. The number of hydrogen-bond donors (Lipinski definition) is 2. The molecule has 20 heavy (non-hydrogen) atoms. The van der Waals surface area contributed by atoms with Crippen LogP contribution >= 0.6 is 0 Å². The average Bonchev–Trinajstić information content (AvgIpc) is 2.79. The van der Waals surface area contributed by atoms with Gasteiger partial charge in [0.25, 0.3) is 0 Å². The average molecular weight is 273 g/mol. The highest BCUT2D eigenvalue weighted by molar-refractivity contribution is 5.89. The van der Waals surface area contributed by atoms with Crippen molar-refractivity contribution < 1.29 is 9.53 Å². The molecule has 2 rings (SSSR count). The van der Waals surface area contributed by atoms with E-state index in [9.17, 15) is 4.79 Å². The van der Waals surface area contributed by atoms with Gasteiger partial charge < -0.3 is 10.1 Å². The van der Waals surface area contributed by atoms with Crippen molar-refractivity contribution in [2.75, 3.05) is 11.9 Å². The molecule has 0 bridgehead atoms. The summed E-state index contributed by atoms with van der Waals surface area (Å²) in [4.78, 5) is 11.7. The van der Waals surface area contributed by atoms with Crippen molar-refractivity contribution >= 4 is 11.7 Å². The van der Waals surface area contributed by atoms with Gasteiger partial charge in [0, 0.05) is 11.8 Å². The van der Waals surface area contributed by atoms with E-state index in [0.717, 1.165) is 22.6 Å². The number of carbonyl (C=O) groups is 1. The highest BCUT2D eigenvalue weighted by Crippen LogP contribution is 2.19. The SMILES string of the molecule is Cc1ccc(C)c(OCCC(=O)Nc2cc(C)[nH]n2)c1. The van der Waals surface area contributed by atoms with Crippen LogP contribution in [0.25, 0.3) is 0 Å². The van der Waals surface area contributed by atoms with Gasteiger partial charge in [-0.3, -0.25) is 9.89 Å². The summed E-state index contributed by atoms with van der Waals surface area (Å²) in [5, 5.41) is 9.44. The second-order valence-electron chi connectivity index (χ2n) is 4.85. The predicted molar refractivity (Wildman–Crippen MR) is 78.0 cm³/mol. The molecule has 0 fully saturated rings. The predicted octanol–water partition coefficient (Wildman–Crippen LogP) is 2.74. The van der Waals surface area contributed by atoms with Gasteiger partial charge in [-0.1, -0.05) is 12.1 Å². The van der Waals surface area contributed by atoms with Crippen LogP contribution in [0.2, 0.25) is 0 Å². The number of anilines is 1. The van der Waals surface area contributed by atoms with Crippen molar-refractivity contribution in [3.63, 3.8) is 0 Å². The molecule has 2 N–H and O–H groups in total. The van der Waals surface area contributed by atoms with Crippen molar-refractivity contribution in [2.45, 2.75) is 27.2 Å². The first-order valence-corrected chi connectivity index (χ1v) is 6.56. The van der Waals surface area contributed by atoms with Crippen LogP contribution in [0.3, 0.4) is 0 Å². The molecule has 0 aliphatic rings. The van der Waals surface area contributed by atoms with Gasteiger partial charge in [0.05, 0.1) is 13.0 Å². The lowest BCUT2D eigenvalue weighted by Gasteiger charge is -2.09. The Hall–Kier alpha value is -2.30. The Balaban J connectivity index is 1.80. The minimum atomic E-state index is -0.109. The van der Waals surface area contributed by atoms with E-state index in [-0.39, 0.29) is 5.91 Å². The van der Waals surface area contributed by atoms with E-state index in [1.54, 1.807) is 6.07 Å². The molecule has 1 amide bonds. The van der Waals surface area contributed by atoms with Gasteiger partial charge in [-0.15, -0.1) is 0 Å². The molecule has 0 saturated carbocycles. The molecule has 1 aromatic carbocycles. The molecule has 1 heterocycles. The van der Waals surface area contributed by atoms with Crippen LogP contribution in [0.1, 0.15) is 23.2 Å². The molecular weight excluding hydrogens is 254 g/mol. The number of aryl methyl sites for hydroxylation is 3. The van der Waals surface area contributed by atoms with Gasteiger partial charge in [-0.25, -0.2) is 0 Å². The number of rotatable bonds is 5. The maximum absolute atomic E-state index is 11.7. The fourth-order valence-corrected chi connectivity index (χ4v) is 1.80. The summed E-state index contributed by atoms with van der Waals surface area (Å²) >= 11 is 0. The maximum atomic E-state index is 11.7. The number of nitrogens with one attached hydrogen (secondary N) is 2. The van der Waals surface area contributed by atoms with Gasteiger partial charge >= 0.3 is 0 Å². The van der Waals surface area contributed by atoms with Crippen LogP contribution in [0.4, 0.5) is 5.82 Å². The molecule has 1 aromatic heterocycles. The zero-order valence-electron chi connectivity index (χ0n) is 12.0. The highest BCUT2D eigenvalue weighted by Gasteiger charge is 2.06. The summed E-state index contributed by atoms with van der Waals surface area (Å²) in [6, 6.07) is 7.81. The molecule has 0 atom stereocenters. The molecule has 0 aliphatic carbocycles. The number of ether oxygens (including phenoxy) is 1. The topological polar surface area (TPSA) is 67.0 Å². The summed E-state index contributed by atoms with van der Waals surface area (Å²) in [5.74, 6) is 1.26. The normalized spacial score (nSPS) is 10.3. The number of carbonyl (C=O) groups excluding carboxylic acids is 1. The Morgan fingerprint density at radius 3 is 2.80 bits per heavy atom. The van der Waals surface area contributed by atoms with Crippen molar-refractivity contribution in [3.8, 4) is 5.75 Å². The van der Waals surface area contributed by atoms with Gasteiger partial charge in [0.15, 0.2) is 5.82 Å². The second-order valence-corrected chi connectivity index (χ2v) is 4.85. The Kier molecular flexibility index (Phi) is 4.40. The van der Waals surface area contributed by atoms with Crippen LogP contribution in [0, 0.1) is 20.8 Å². The van der Waals surface area contributed by atoms with E-state index in [4.69, 9.17) is 4.74 Å². The minimum Gasteiger partial charge on any atom is -0.493 e. The Morgan fingerprint density at radius 1 is 1.30 bits per heavy atom. The molecule has 5 heteroatoms. The van der Waals surface area contributed by atoms with Gasteiger partial charge in [-0.2, -0.15) is 5.10 Å². The highest BCUT2D eigenvalue weighted by atomic mass is 16.5. The Morgan fingerprint density at radius 2 is 2.10 bits per heavy atom. The van der Waals surface area contributed by atoms with Crippen LogP contribution in [-0.4, -0.2) is 22.7 Å². The fraction of sp³-hybridized carbons (Fsp3) is 0.333. The van der Waals surface area contributed by atoms with Crippen LogP contribution in [0.5, 0.6) is 5.75 Å². The first-order valence-electron chi connectivity index (χ1n) is 6.56. The Bertz CT molecular complexity index is 605. The lowest BCUT2D eigenvalue weighted by atomic mass is 10.1. The van der Waals surface area contributed by atoms with Crippen molar-refractivity contribution in [1.82, 2.24) is 10.2 Å². The first kappa shape index (κ1) is 14.1. The molecule has 0 saturated heterocycles. The van der Waals surface area contributed by atoms with Crippen molar-refractivity contribution in [2.24, 2.45) is 0 Å². The van der Waals surface area contributed by atoms with E-state index in [1.165, 1.54) is 0 Å². The third kappa shape index (κ3) is 3.85. The minimum absolute atomic E-state index is 0.109. The maximum Gasteiger partial charge on any atom is 0.229 e. The van der Waals surface area contributed by atoms with Gasteiger partial charge in [0.2, 0.25) is 5.91 Å². The van der Waals surface area contributed by atoms with Crippen LogP contribution < -0.4 is 10.1 Å².